The normalized spacial score (nSPS) is 19.5. The molecule has 0 amide bonds. The Hall–Kier alpha value is -1.93. The molecule has 0 fully saturated rings. The number of alkyl halides is 4. The van der Waals surface area contributed by atoms with Gasteiger partial charge in [-0.3, -0.25) is 0 Å². The summed E-state index contributed by atoms with van der Waals surface area (Å²) < 4.78 is 52.7. The summed E-state index contributed by atoms with van der Waals surface area (Å²) in [6, 6.07) is -1.77. The van der Waals surface area contributed by atoms with Crippen molar-refractivity contribution < 1.29 is 17.6 Å². The highest BCUT2D eigenvalue weighted by Gasteiger charge is 2.39. The molecule has 2 N–H and O–H groups in total. The van der Waals surface area contributed by atoms with Crippen LogP contribution in [-0.2, 0) is 0 Å². The monoisotopic (exact) mass is 361 g/mol. The zero-order chi connectivity index (χ0) is 18.6. The number of allylic oxidation sites excluding steroid dienone is 2. The standard InChI is InChI=1S/C16H23F4N5/c1-4-12(16(18,19)20)22-15-24-13(10-6-5-7-11(17)8-10)23-14(25-15)21-9(2)3/h8-9,11-12H,4-7H2,1-3H3,(H2,21,22,23,24,25)/t11?,12-/m1/s1. The molecule has 0 spiro atoms. The lowest BCUT2D eigenvalue weighted by molar-refractivity contribution is -0.143. The second kappa shape index (κ2) is 7.97. The lowest BCUT2D eigenvalue weighted by atomic mass is 9.98. The first-order valence-electron chi connectivity index (χ1n) is 8.40. The second-order valence-electron chi connectivity index (χ2n) is 6.35. The van der Waals surface area contributed by atoms with Gasteiger partial charge in [-0.15, -0.1) is 0 Å². The Morgan fingerprint density at radius 1 is 1.16 bits per heavy atom. The minimum atomic E-state index is -4.42. The number of aromatic nitrogens is 3. The van der Waals surface area contributed by atoms with Crippen molar-refractivity contribution in [1.82, 2.24) is 15.0 Å². The van der Waals surface area contributed by atoms with E-state index >= 15 is 0 Å². The van der Waals surface area contributed by atoms with E-state index in [0.29, 0.717) is 24.8 Å². The van der Waals surface area contributed by atoms with E-state index in [4.69, 9.17) is 0 Å². The summed E-state index contributed by atoms with van der Waals surface area (Å²) in [5, 5.41) is 5.29. The van der Waals surface area contributed by atoms with Gasteiger partial charge in [0.25, 0.3) is 0 Å². The number of hydrogen-bond donors (Lipinski definition) is 2. The van der Waals surface area contributed by atoms with Crippen LogP contribution < -0.4 is 10.6 Å². The Kier molecular flexibility index (Phi) is 6.18. The van der Waals surface area contributed by atoms with Gasteiger partial charge in [0.1, 0.15) is 12.2 Å². The molecule has 25 heavy (non-hydrogen) atoms. The summed E-state index contributed by atoms with van der Waals surface area (Å²) in [6.45, 7) is 5.15. The van der Waals surface area contributed by atoms with E-state index in [1.54, 1.807) is 0 Å². The minimum absolute atomic E-state index is 0.0121. The van der Waals surface area contributed by atoms with Crippen molar-refractivity contribution in [3.05, 3.63) is 11.9 Å². The molecular weight excluding hydrogens is 338 g/mol. The molecule has 0 aliphatic heterocycles. The molecule has 0 radical (unpaired) electrons. The van der Waals surface area contributed by atoms with Gasteiger partial charge in [0.2, 0.25) is 11.9 Å². The van der Waals surface area contributed by atoms with Crippen LogP contribution >= 0.6 is 0 Å². The lowest BCUT2D eigenvalue weighted by Crippen LogP contribution is -2.36. The fraction of sp³-hybridized carbons (Fsp3) is 0.688. The van der Waals surface area contributed by atoms with E-state index in [1.807, 2.05) is 13.8 Å². The third-order valence-corrected chi connectivity index (χ3v) is 3.76. The summed E-state index contributed by atoms with van der Waals surface area (Å²) in [5.41, 5.74) is 0.594. The van der Waals surface area contributed by atoms with Gasteiger partial charge in [-0.1, -0.05) is 6.92 Å². The largest absolute Gasteiger partial charge is 0.408 e. The highest BCUT2D eigenvalue weighted by molar-refractivity contribution is 5.63. The van der Waals surface area contributed by atoms with Crippen molar-refractivity contribution in [3.8, 4) is 0 Å². The Labute approximate surface area is 144 Å². The Morgan fingerprint density at radius 3 is 2.32 bits per heavy atom. The first-order valence-corrected chi connectivity index (χ1v) is 8.40. The topological polar surface area (TPSA) is 62.7 Å². The summed E-state index contributed by atoms with van der Waals surface area (Å²) in [6.07, 6.45) is -2.56. The summed E-state index contributed by atoms with van der Waals surface area (Å²) >= 11 is 0. The summed E-state index contributed by atoms with van der Waals surface area (Å²) in [4.78, 5) is 12.4. The van der Waals surface area contributed by atoms with Gasteiger partial charge in [-0.2, -0.15) is 28.1 Å². The van der Waals surface area contributed by atoms with Gasteiger partial charge >= 0.3 is 6.18 Å². The molecule has 1 aromatic rings. The van der Waals surface area contributed by atoms with Crippen molar-refractivity contribution >= 4 is 17.5 Å². The van der Waals surface area contributed by atoms with Crippen molar-refractivity contribution in [2.45, 2.75) is 70.9 Å². The molecule has 1 aliphatic carbocycles. The van der Waals surface area contributed by atoms with E-state index < -0.39 is 18.4 Å². The minimum Gasteiger partial charge on any atom is -0.352 e. The van der Waals surface area contributed by atoms with Gasteiger partial charge < -0.3 is 10.6 Å². The summed E-state index contributed by atoms with van der Waals surface area (Å²) in [7, 11) is 0. The van der Waals surface area contributed by atoms with Crippen LogP contribution in [0.5, 0.6) is 0 Å². The van der Waals surface area contributed by atoms with Crippen LogP contribution in [0.3, 0.4) is 0 Å². The van der Waals surface area contributed by atoms with Gasteiger partial charge in [-0.25, -0.2) is 4.39 Å². The van der Waals surface area contributed by atoms with Crippen LogP contribution in [0.2, 0.25) is 0 Å². The molecule has 0 bridgehead atoms. The number of nitrogens with zero attached hydrogens (tertiary/aromatic N) is 3. The number of halogens is 4. The quantitative estimate of drug-likeness (QED) is 0.738. The van der Waals surface area contributed by atoms with Gasteiger partial charge in [0.05, 0.1) is 0 Å². The average Bonchev–Trinajstić information content (AvgIpc) is 2.50. The van der Waals surface area contributed by atoms with Crippen LogP contribution in [0.4, 0.5) is 29.5 Å². The first-order chi connectivity index (χ1) is 11.7. The molecule has 9 heteroatoms. The maximum Gasteiger partial charge on any atom is 0.408 e. The zero-order valence-electron chi connectivity index (χ0n) is 14.5. The molecule has 140 valence electrons. The third-order valence-electron chi connectivity index (χ3n) is 3.76. The van der Waals surface area contributed by atoms with Crippen LogP contribution in [0.15, 0.2) is 6.08 Å². The predicted molar refractivity (Wildman–Crippen MR) is 89.1 cm³/mol. The average molecular weight is 361 g/mol. The molecule has 2 rings (SSSR count). The van der Waals surface area contributed by atoms with Crippen molar-refractivity contribution in [1.29, 1.82) is 0 Å². The predicted octanol–water partition coefficient (Wildman–Crippen LogP) is 4.35. The molecule has 1 aliphatic rings. The van der Waals surface area contributed by atoms with Crippen LogP contribution in [-0.4, -0.2) is 39.4 Å². The smallest absolute Gasteiger partial charge is 0.352 e. The Balaban J connectivity index is 2.36. The molecule has 0 saturated carbocycles. The molecule has 1 heterocycles. The SMILES string of the molecule is CC[C@@H](Nc1nc(NC(C)C)nc(C2=CC(F)CCC2)n1)C(F)(F)F. The molecular formula is C16H23F4N5. The zero-order valence-corrected chi connectivity index (χ0v) is 14.5. The van der Waals surface area contributed by atoms with Crippen molar-refractivity contribution in [3.63, 3.8) is 0 Å². The summed E-state index contributed by atoms with van der Waals surface area (Å²) in [5.74, 6) is 0.209. The number of rotatable bonds is 6. The first kappa shape index (κ1) is 19.4. The molecule has 2 atom stereocenters. The number of hydrogen-bond acceptors (Lipinski definition) is 5. The fourth-order valence-electron chi connectivity index (χ4n) is 2.54. The fourth-order valence-corrected chi connectivity index (χ4v) is 2.54. The van der Waals surface area contributed by atoms with E-state index in [2.05, 4.69) is 25.6 Å². The van der Waals surface area contributed by atoms with Crippen molar-refractivity contribution in [2.75, 3.05) is 10.6 Å². The maximum atomic E-state index is 13.6. The van der Waals surface area contributed by atoms with Crippen LogP contribution in [0.25, 0.3) is 5.57 Å². The Morgan fingerprint density at radius 2 is 1.80 bits per heavy atom. The van der Waals surface area contributed by atoms with E-state index in [9.17, 15) is 17.6 Å². The van der Waals surface area contributed by atoms with E-state index in [1.165, 1.54) is 13.0 Å². The van der Waals surface area contributed by atoms with Gasteiger partial charge in [-0.05, 0) is 51.2 Å². The molecule has 0 aromatic carbocycles. The third kappa shape index (κ3) is 5.54. The highest BCUT2D eigenvalue weighted by Crippen LogP contribution is 2.29. The van der Waals surface area contributed by atoms with Crippen LogP contribution in [0, 0.1) is 0 Å². The van der Waals surface area contributed by atoms with Gasteiger partial charge in [0, 0.05) is 6.04 Å². The molecule has 1 aromatic heterocycles. The van der Waals surface area contributed by atoms with E-state index in [-0.39, 0.29) is 30.2 Å². The van der Waals surface area contributed by atoms with Crippen LogP contribution in [0.1, 0.15) is 52.3 Å². The number of nitrogens with one attached hydrogen (secondary N) is 2. The van der Waals surface area contributed by atoms with E-state index in [0.717, 1.165) is 0 Å². The Bertz CT molecular complexity index is 615. The molecule has 0 saturated heterocycles. The lowest BCUT2D eigenvalue weighted by Gasteiger charge is -2.21. The molecule has 5 nitrogen and oxygen atoms in total. The number of anilines is 2. The second-order valence-corrected chi connectivity index (χ2v) is 6.35. The molecule has 1 unspecified atom stereocenters. The maximum absolute atomic E-state index is 13.6. The van der Waals surface area contributed by atoms with Gasteiger partial charge in [0.15, 0.2) is 5.82 Å². The van der Waals surface area contributed by atoms with Crippen molar-refractivity contribution in [2.24, 2.45) is 0 Å². The highest BCUT2D eigenvalue weighted by atomic mass is 19.4.